The van der Waals surface area contributed by atoms with Crippen LogP contribution < -0.4 is 21.0 Å². The summed E-state index contributed by atoms with van der Waals surface area (Å²) in [5.74, 6) is -0.0798. The van der Waals surface area contributed by atoms with Gasteiger partial charge in [0, 0.05) is 19.4 Å². The van der Waals surface area contributed by atoms with E-state index in [2.05, 4.69) is 113 Å². The van der Waals surface area contributed by atoms with E-state index in [1.807, 2.05) is 0 Å². The molecule has 0 spiro atoms. The van der Waals surface area contributed by atoms with Gasteiger partial charge in [-0.05, 0) is 41.1 Å². The summed E-state index contributed by atoms with van der Waals surface area (Å²) in [6, 6.07) is 20.7. The number of amides is 2. The Hall–Kier alpha value is -2.68. The minimum atomic E-state index is -2.84. The molecule has 0 aromatic heterocycles. The van der Waals surface area contributed by atoms with Gasteiger partial charge in [-0.2, -0.15) is 0 Å². The predicted octanol–water partition coefficient (Wildman–Crippen LogP) is 13.8. The number of carbonyl (C=O) groups excluding carboxylic acids is 2. The summed E-state index contributed by atoms with van der Waals surface area (Å²) < 4.78 is 19.8. The third kappa shape index (κ3) is 24.4. The van der Waals surface area contributed by atoms with Gasteiger partial charge in [-0.3, -0.25) is 4.79 Å². The first-order valence-electron chi connectivity index (χ1n) is 25.7. The molecule has 0 bridgehead atoms. The SMILES string of the molecule is CCCCCCCCCCCCNC(=O)N[C@H](COCC[C@@H](CCCCCCC)OC(=O)CCCCCCCCCCC)CO[Si](c1ccccc1)(c1ccccc1)C(C)(C)C. The zero-order valence-electron chi connectivity index (χ0n) is 40.9. The van der Waals surface area contributed by atoms with Gasteiger partial charge in [0.2, 0.25) is 0 Å². The van der Waals surface area contributed by atoms with Crippen molar-refractivity contribution in [1.29, 1.82) is 0 Å². The molecule has 2 rings (SSSR count). The number of hydrogen-bond acceptors (Lipinski definition) is 5. The zero-order chi connectivity index (χ0) is 45.0. The van der Waals surface area contributed by atoms with Gasteiger partial charge in [0.25, 0.3) is 8.32 Å². The Kier molecular flexibility index (Phi) is 31.9. The molecular formula is C54H94N2O5Si. The third-order valence-corrected chi connectivity index (χ3v) is 17.4. The minimum Gasteiger partial charge on any atom is -0.462 e. The van der Waals surface area contributed by atoms with Crippen LogP contribution in [0.5, 0.6) is 0 Å². The van der Waals surface area contributed by atoms with E-state index in [1.165, 1.54) is 126 Å². The first kappa shape index (κ1) is 55.4. The lowest BCUT2D eigenvalue weighted by atomic mass is 10.1. The van der Waals surface area contributed by atoms with Crippen LogP contribution in [0.1, 0.15) is 215 Å². The molecule has 0 fully saturated rings. The molecule has 0 radical (unpaired) electrons. The van der Waals surface area contributed by atoms with Crippen LogP contribution in [-0.2, 0) is 18.7 Å². The highest BCUT2D eigenvalue weighted by Gasteiger charge is 2.50. The van der Waals surface area contributed by atoms with Crippen LogP contribution in [-0.4, -0.2) is 58.8 Å². The highest BCUT2D eigenvalue weighted by atomic mass is 28.4. The van der Waals surface area contributed by atoms with Crippen molar-refractivity contribution in [3.63, 3.8) is 0 Å². The lowest BCUT2D eigenvalue weighted by Gasteiger charge is -2.43. The summed E-state index contributed by atoms with van der Waals surface area (Å²) >= 11 is 0. The van der Waals surface area contributed by atoms with E-state index in [0.29, 0.717) is 39.2 Å². The van der Waals surface area contributed by atoms with E-state index in [-0.39, 0.29) is 29.2 Å². The second-order valence-corrected chi connectivity index (χ2v) is 23.3. The maximum Gasteiger partial charge on any atom is 0.315 e. The van der Waals surface area contributed by atoms with Crippen LogP contribution in [0.3, 0.4) is 0 Å². The molecule has 7 nitrogen and oxygen atoms in total. The molecule has 0 heterocycles. The molecule has 8 heteroatoms. The first-order valence-corrected chi connectivity index (χ1v) is 27.6. The van der Waals surface area contributed by atoms with Gasteiger partial charge in [-0.25, -0.2) is 4.79 Å². The molecular weight excluding hydrogens is 785 g/mol. The topological polar surface area (TPSA) is 85.9 Å². The van der Waals surface area contributed by atoms with Crippen molar-refractivity contribution >= 4 is 30.7 Å². The maximum absolute atomic E-state index is 13.4. The van der Waals surface area contributed by atoms with Crippen LogP contribution in [0, 0.1) is 0 Å². The summed E-state index contributed by atoms with van der Waals surface area (Å²) in [7, 11) is -2.84. The van der Waals surface area contributed by atoms with Gasteiger partial charge >= 0.3 is 12.0 Å². The Labute approximate surface area is 382 Å². The predicted molar refractivity (Wildman–Crippen MR) is 266 cm³/mol. The van der Waals surface area contributed by atoms with E-state index in [9.17, 15) is 9.59 Å². The highest BCUT2D eigenvalue weighted by molar-refractivity contribution is 6.99. The summed E-state index contributed by atoms with van der Waals surface area (Å²) in [6.07, 6.45) is 31.3. The van der Waals surface area contributed by atoms with Crippen LogP contribution in [0.2, 0.25) is 5.04 Å². The molecule has 2 atom stereocenters. The van der Waals surface area contributed by atoms with E-state index in [0.717, 1.165) is 44.9 Å². The van der Waals surface area contributed by atoms with Crippen molar-refractivity contribution in [2.45, 2.75) is 232 Å². The Morgan fingerprint density at radius 2 is 1.02 bits per heavy atom. The maximum atomic E-state index is 13.4. The Balaban J connectivity index is 2.07. The minimum absolute atomic E-state index is 0.0798. The Morgan fingerprint density at radius 1 is 0.565 bits per heavy atom. The number of unbranched alkanes of at least 4 members (excludes halogenated alkanes) is 21. The van der Waals surface area contributed by atoms with Crippen molar-refractivity contribution in [2.75, 3.05) is 26.4 Å². The lowest BCUT2D eigenvalue weighted by Crippen LogP contribution is -2.67. The molecule has 0 aliphatic carbocycles. The first-order chi connectivity index (χ1) is 30.2. The van der Waals surface area contributed by atoms with Crippen molar-refractivity contribution in [1.82, 2.24) is 10.6 Å². The number of nitrogens with one attached hydrogen (secondary N) is 2. The standard InChI is InChI=1S/C54H94N2O5Si/c1-7-10-13-16-18-20-22-24-27-36-44-55-53(58)56-48(47-60-62(54(4,5)6,50-38-31-28-32-39-50)51-40-33-29-34-41-51)46-59-45-43-49(37-30-25-15-12-9-3)61-52(57)42-35-26-23-21-19-17-14-11-8-2/h28-29,31-34,38-41,48-49H,7-27,30,35-37,42-47H2,1-6H3,(H2,55,56,58)/t48-,49-/m1/s1. The molecule has 2 aromatic carbocycles. The normalized spacial score (nSPS) is 12.9. The van der Waals surface area contributed by atoms with Crippen LogP contribution in [0.25, 0.3) is 0 Å². The van der Waals surface area contributed by atoms with E-state index >= 15 is 0 Å². The Bertz CT molecular complexity index is 1310. The summed E-state index contributed by atoms with van der Waals surface area (Å²) in [5.41, 5.74) is 0. The smallest absolute Gasteiger partial charge is 0.315 e. The van der Waals surface area contributed by atoms with Gasteiger partial charge in [-0.15, -0.1) is 0 Å². The fourth-order valence-electron chi connectivity index (χ4n) is 8.67. The zero-order valence-corrected chi connectivity index (χ0v) is 41.9. The van der Waals surface area contributed by atoms with Gasteiger partial charge in [0.1, 0.15) is 6.10 Å². The summed E-state index contributed by atoms with van der Waals surface area (Å²) in [4.78, 5) is 26.5. The highest BCUT2D eigenvalue weighted by Crippen LogP contribution is 2.37. The number of ether oxygens (including phenoxy) is 2. The summed E-state index contributed by atoms with van der Waals surface area (Å²) in [5, 5.41) is 8.58. The molecule has 2 amide bonds. The molecule has 354 valence electrons. The summed E-state index contributed by atoms with van der Waals surface area (Å²) in [6.45, 7) is 15.3. The average Bonchev–Trinajstić information content (AvgIpc) is 3.26. The number of esters is 1. The average molecular weight is 879 g/mol. The van der Waals surface area contributed by atoms with Crippen molar-refractivity contribution in [2.24, 2.45) is 0 Å². The Morgan fingerprint density at radius 3 is 1.50 bits per heavy atom. The number of carbonyl (C=O) groups is 2. The molecule has 0 aliphatic rings. The van der Waals surface area contributed by atoms with Gasteiger partial charge in [0.05, 0.1) is 25.9 Å². The number of hydrogen-bond donors (Lipinski definition) is 2. The van der Waals surface area contributed by atoms with Crippen molar-refractivity contribution in [3.05, 3.63) is 60.7 Å². The monoisotopic (exact) mass is 879 g/mol. The molecule has 0 saturated carbocycles. The van der Waals surface area contributed by atoms with E-state index < -0.39 is 8.32 Å². The van der Waals surface area contributed by atoms with E-state index in [4.69, 9.17) is 13.9 Å². The molecule has 0 unspecified atom stereocenters. The molecule has 0 saturated heterocycles. The third-order valence-electron chi connectivity index (χ3n) is 12.4. The van der Waals surface area contributed by atoms with Crippen LogP contribution in [0.4, 0.5) is 4.79 Å². The number of rotatable bonds is 39. The second-order valence-electron chi connectivity index (χ2n) is 19.0. The van der Waals surface area contributed by atoms with Crippen LogP contribution in [0.15, 0.2) is 60.7 Å². The molecule has 2 N–H and O–H groups in total. The quantitative estimate of drug-likeness (QED) is 0.0397. The molecule has 2 aromatic rings. The fourth-order valence-corrected chi connectivity index (χ4v) is 13.3. The molecule has 62 heavy (non-hydrogen) atoms. The molecule has 0 aliphatic heterocycles. The van der Waals surface area contributed by atoms with Crippen molar-refractivity contribution < 1.29 is 23.5 Å². The van der Waals surface area contributed by atoms with Crippen molar-refractivity contribution in [3.8, 4) is 0 Å². The van der Waals surface area contributed by atoms with Gasteiger partial charge in [0.15, 0.2) is 0 Å². The van der Waals surface area contributed by atoms with Gasteiger partial charge in [-0.1, -0.05) is 237 Å². The largest absolute Gasteiger partial charge is 0.462 e. The number of benzene rings is 2. The lowest BCUT2D eigenvalue weighted by molar-refractivity contribution is -0.150. The number of urea groups is 1. The van der Waals surface area contributed by atoms with Crippen LogP contribution >= 0.6 is 0 Å². The van der Waals surface area contributed by atoms with E-state index in [1.54, 1.807) is 0 Å². The fraction of sp³-hybridized carbons (Fsp3) is 0.741. The van der Waals surface area contributed by atoms with Gasteiger partial charge < -0.3 is 24.5 Å². The second kappa shape index (κ2) is 35.6.